The van der Waals surface area contributed by atoms with Crippen LogP contribution in [-0.4, -0.2) is 31.6 Å². The monoisotopic (exact) mass is 576 g/mol. The summed E-state index contributed by atoms with van der Waals surface area (Å²) in [5, 5.41) is 10.4. The molecule has 0 amide bonds. The van der Waals surface area contributed by atoms with E-state index in [0.717, 1.165) is 44.1 Å². The summed E-state index contributed by atoms with van der Waals surface area (Å²) in [6.45, 7) is 16.2. The van der Waals surface area contributed by atoms with Gasteiger partial charge in [-0.05, 0) is 43.0 Å². The minimum Gasteiger partial charge on any atom is -0.481 e. The molecule has 4 nitrogen and oxygen atoms in total. The zero-order valence-electron chi connectivity index (χ0n) is 27.3. The van der Waals surface area contributed by atoms with E-state index in [1.807, 2.05) is 18.2 Å². The number of ether oxygens (including phenoxy) is 1. The number of carbonyl (C=O) groups is 1. The minimum absolute atomic E-state index is 0.00276. The van der Waals surface area contributed by atoms with Crippen LogP contribution in [0.1, 0.15) is 143 Å². The van der Waals surface area contributed by atoms with Crippen molar-refractivity contribution < 1.29 is 19.1 Å². The first-order valence-corrected chi connectivity index (χ1v) is 19.5. The van der Waals surface area contributed by atoms with Crippen molar-refractivity contribution in [3.63, 3.8) is 0 Å². The van der Waals surface area contributed by atoms with Crippen LogP contribution in [0.2, 0.25) is 18.1 Å². The highest BCUT2D eigenvalue weighted by atomic mass is 28.4. The molecule has 0 aromatic heterocycles. The van der Waals surface area contributed by atoms with Crippen LogP contribution in [0.5, 0.6) is 0 Å². The van der Waals surface area contributed by atoms with Crippen molar-refractivity contribution in [1.29, 1.82) is 0 Å². The first kappa shape index (κ1) is 36.9. The summed E-state index contributed by atoms with van der Waals surface area (Å²) < 4.78 is 13.5. The van der Waals surface area contributed by atoms with Gasteiger partial charge in [-0.15, -0.1) is 0 Å². The van der Waals surface area contributed by atoms with Crippen molar-refractivity contribution in [1.82, 2.24) is 0 Å². The maximum Gasteiger partial charge on any atom is 0.309 e. The Bertz CT molecular complexity index is 758. The summed E-state index contributed by atoms with van der Waals surface area (Å²) in [6.07, 6.45) is 17.9. The van der Waals surface area contributed by atoms with Gasteiger partial charge in [-0.3, -0.25) is 4.79 Å². The van der Waals surface area contributed by atoms with Gasteiger partial charge in [-0.25, -0.2) is 0 Å². The second kappa shape index (κ2) is 20.7. The third-order valence-electron chi connectivity index (χ3n) is 8.84. The number of unbranched alkanes of at least 4 members (excludes halogenated alkanes) is 11. The fraction of sp³-hybridized carbons (Fsp3) is 0.800. The Morgan fingerprint density at radius 2 is 1.30 bits per heavy atom. The topological polar surface area (TPSA) is 55.8 Å². The van der Waals surface area contributed by atoms with Crippen LogP contribution in [0.25, 0.3) is 0 Å². The molecule has 232 valence electrons. The molecular formula is C35H64O4Si. The molecule has 0 fully saturated rings. The standard InChI is InChI=1S/C35H64O4Si/c1-8-10-12-14-15-16-17-18-22-26-31(38-29-30-24-20-19-21-25-30)28-33(39-40(6,7)35(3,4)5)32(34(36)37)27-23-13-11-9-2/h19-21,24-25,31-33H,8-18,22-23,26-29H2,1-7H3,(H,36,37)/t31-,32-,33+/m1/s1. The lowest BCUT2D eigenvalue weighted by Crippen LogP contribution is -2.48. The number of carboxylic acid groups (broad SMARTS) is 1. The van der Waals surface area contributed by atoms with Crippen molar-refractivity contribution in [3.8, 4) is 0 Å². The lowest BCUT2D eigenvalue weighted by molar-refractivity contribution is -0.146. The van der Waals surface area contributed by atoms with Crippen LogP contribution >= 0.6 is 0 Å². The maximum absolute atomic E-state index is 12.6. The zero-order valence-corrected chi connectivity index (χ0v) is 28.3. The molecule has 0 aliphatic heterocycles. The Morgan fingerprint density at radius 1 is 0.800 bits per heavy atom. The van der Waals surface area contributed by atoms with Gasteiger partial charge in [0.1, 0.15) is 0 Å². The lowest BCUT2D eigenvalue weighted by atomic mass is 9.90. The molecule has 1 aromatic rings. The van der Waals surface area contributed by atoms with Gasteiger partial charge < -0.3 is 14.3 Å². The minimum atomic E-state index is -2.17. The molecule has 5 heteroatoms. The average molecular weight is 577 g/mol. The third-order valence-corrected chi connectivity index (χ3v) is 13.3. The van der Waals surface area contributed by atoms with Crippen molar-refractivity contribution in [2.45, 2.75) is 174 Å². The van der Waals surface area contributed by atoms with E-state index in [1.165, 1.54) is 51.4 Å². The molecule has 0 bridgehead atoms. The molecule has 0 unspecified atom stereocenters. The van der Waals surface area contributed by atoms with Gasteiger partial charge in [-0.2, -0.15) is 0 Å². The molecule has 0 heterocycles. The van der Waals surface area contributed by atoms with E-state index < -0.39 is 20.2 Å². The van der Waals surface area contributed by atoms with E-state index in [0.29, 0.717) is 19.4 Å². The highest BCUT2D eigenvalue weighted by Crippen LogP contribution is 2.39. The summed E-state index contributed by atoms with van der Waals surface area (Å²) in [7, 11) is -2.17. The van der Waals surface area contributed by atoms with Gasteiger partial charge in [0.25, 0.3) is 0 Å². The summed E-state index contributed by atoms with van der Waals surface area (Å²) in [5.41, 5.74) is 1.16. The highest BCUT2D eigenvalue weighted by Gasteiger charge is 2.42. The molecular weight excluding hydrogens is 512 g/mol. The van der Waals surface area contributed by atoms with Gasteiger partial charge in [0.05, 0.1) is 24.7 Å². The number of rotatable bonds is 24. The molecule has 3 atom stereocenters. The Hall–Kier alpha value is -1.17. The highest BCUT2D eigenvalue weighted by molar-refractivity contribution is 6.74. The summed E-state index contributed by atoms with van der Waals surface area (Å²) in [5.74, 6) is -1.21. The molecule has 0 radical (unpaired) electrons. The summed E-state index contributed by atoms with van der Waals surface area (Å²) in [4.78, 5) is 12.6. The molecule has 0 saturated carbocycles. The second-order valence-corrected chi connectivity index (χ2v) is 18.2. The smallest absolute Gasteiger partial charge is 0.309 e. The van der Waals surface area contributed by atoms with Gasteiger partial charge in [-0.1, -0.05) is 148 Å². The fourth-order valence-corrected chi connectivity index (χ4v) is 6.48. The Kier molecular flexibility index (Phi) is 19.0. The van der Waals surface area contributed by atoms with Crippen molar-refractivity contribution in [3.05, 3.63) is 35.9 Å². The Balaban J connectivity index is 2.96. The van der Waals surface area contributed by atoms with Crippen LogP contribution < -0.4 is 0 Å². The Morgan fingerprint density at radius 3 is 1.82 bits per heavy atom. The molecule has 1 aromatic carbocycles. The normalized spacial score (nSPS) is 14.7. The summed E-state index contributed by atoms with van der Waals surface area (Å²) in [6, 6.07) is 10.3. The number of hydrogen-bond acceptors (Lipinski definition) is 3. The summed E-state index contributed by atoms with van der Waals surface area (Å²) >= 11 is 0. The van der Waals surface area contributed by atoms with Crippen LogP contribution in [0.15, 0.2) is 30.3 Å². The number of benzene rings is 1. The first-order valence-electron chi connectivity index (χ1n) is 16.6. The van der Waals surface area contributed by atoms with Crippen LogP contribution in [0.3, 0.4) is 0 Å². The van der Waals surface area contributed by atoms with Gasteiger partial charge in [0.2, 0.25) is 0 Å². The fourth-order valence-electron chi connectivity index (χ4n) is 5.11. The number of carboxylic acids is 1. The molecule has 1 N–H and O–H groups in total. The predicted octanol–water partition coefficient (Wildman–Crippen LogP) is 10.9. The number of aliphatic carboxylic acids is 1. The third kappa shape index (κ3) is 15.7. The molecule has 0 spiro atoms. The van der Waals surface area contributed by atoms with Gasteiger partial charge in [0.15, 0.2) is 8.32 Å². The number of hydrogen-bond donors (Lipinski definition) is 1. The van der Waals surface area contributed by atoms with Crippen molar-refractivity contribution >= 4 is 14.3 Å². The van der Waals surface area contributed by atoms with Crippen molar-refractivity contribution in [2.24, 2.45) is 5.92 Å². The largest absolute Gasteiger partial charge is 0.481 e. The van der Waals surface area contributed by atoms with E-state index in [2.05, 4.69) is 59.8 Å². The lowest BCUT2D eigenvalue weighted by Gasteiger charge is -2.41. The van der Waals surface area contributed by atoms with Crippen LogP contribution in [0, 0.1) is 5.92 Å². The molecule has 0 saturated heterocycles. The molecule has 0 aliphatic rings. The average Bonchev–Trinajstić information content (AvgIpc) is 2.89. The van der Waals surface area contributed by atoms with Crippen LogP contribution in [-0.2, 0) is 20.6 Å². The molecule has 1 rings (SSSR count). The van der Waals surface area contributed by atoms with Crippen LogP contribution in [0.4, 0.5) is 0 Å². The molecule has 40 heavy (non-hydrogen) atoms. The van der Waals surface area contributed by atoms with E-state index in [9.17, 15) is 9.90 Å². The maximum atomic E-state index is 12.6. The zero-order chi connectivity index (χ0) is 29.9. The van der Waals surface area contributed by atoms with E-state index in [4.69, 9.17) is 9.16 Å². The van der Waals surface area contributed by atoms with E-state index in [-0.39, 0.29) is 17.2 Å². The first-order chi connectivity index (χ1) is 19.0. The SMILES string of the molecule is CCCCCCCCCCC[C@H](C[C@H](O[Si](C)(C)C(C)(C)C)[C@@H](CCCCCC)C(=O)O)OCc1ccccc1. The van der Waals surface area contributed by atoms with E-state index in [1.54, 1.807) is 0 Å². The quantitative estimate of drug-likeness (QED) is 0.0982. The predicted molar refractivity (Wildman–Crippen MR) is 173 cm³/mol. The van der Waals surface area contributed by atoms with E-state index >= 15 is 0 Å². The van der Waals surface area contributed by atoms with Gasteiger partial charge >= 0.3 is 5.97 Å². The second-order valence-electron chi connectivity index (χ2n) is 13.5. The molecule has 0 aliphatic carbocycles. The van der Waals surface area contributed by atoms with Gasteiger partial charge in [0, 0.05) is 0 Å². The van der Waals surface area contributed by atoms with Crippen molar-refractivity contribution in [2.75, 3.05) is 0 Å². The Labute approximate surface area is 249 Å².